The number of ether oxygens (including phenoxy) is 1. The summed E-state index contributed by atoms with van der Waals surface area (Å²) >= 11 is 11.8. The Morgan fingerprint density at radius 1 is 1.05 bits per heavy atom. The van der Waals surface area contributed by atoms with Crippen molar-refractivity contribution in [3.05, 3.63) is 68.3 Å². The van der Waals surface area contributed by atoms with Crippen molar-refractivity contribution >= 4 is 51.2 Å². The van der Waals surface area contributed by atoms with Gasteiger partial charge in [-0.3, -0.25) is 10.1 Å². The molecule has 19 heteroatoms. The van der Waals surface area contributed by atoms with Gasteiger partial charge in [-0.25, -0.2) is 18.3 Å². The fourth-order valence-electron chi connectivity index (χ4n) is 4.01. The molecule has 1 aromatic heterocycles. The van der Waals surface area contributed by atoms with Crippen molar-refractivity contribution in [3.8, 4) is 17.8 Å². The predicted octanol–water partition coefficient (Wildman–Crippen LogP) is 7.12. The summed E-state index contributed by atoms with van der Waals surface area (Å²) in [7, 11) is -10.3. The van der Waals surface area contributed by atoms with Crippen LogP contribution < -0.4 is 11.1 Å². The van der Waals surface area contributed by atoms with Crippen LogP contribution in [0.1, 0.15) is 35.2 Å². The Balaban J connectivity index is 1.82. The van der Waals surface area contributed by atoms with Crippen molar-refractivity contribution in [2.45, 2.75) is 29.8 Å². The second-order valence-electron chi connectivity index (χ2n) is 8.98. The summed E-state index contributed by atoms with van der Waals surface area (Å²) in [4.78, 5) is 22.6. The Morgan fingerprint density at radius 2 is 1.60 bits per heavy atom. The van der Waals surface area contributed by atoms with Crippen molar-refractivity contribution in [1.82, 2.24) is 9.78 Å². The van der Waals surface area contributed by atoms with E-state index in [4.69, 9.17) is 38.9 Å². The number of halogens is 9. The molecule has 4 rings (SSSR count). The van der Waals surface area contributed by atoms with Crippen LogP contribution in [0.4, 0.5) is 38.8 Å². The first-order valence-electron chi connectivity index (χ1n) is 11.1. The summed E-state index contributed by atoms with van der Waals surface area (Å²) in [5.74, 6) is -4.07. The summed E-state index contributed by atoms with van der Waals surface area (Å²) < 4.78 is 101. The molecule has 42 heavy (non-hydrogen) atoms. The van der Waals surface area contributed by atoms with E-state index in [0.717, 1.165) is 0 Å². The number of aromatic nitrogens is 2. The summed E-state index contributed by atoms with van der Waals surface area (Å²) in [5, 5.41) is 22.3. The zero-order valence-electron chi connectivity index (χ0n) is 20.3. The molecule has 3 aromatic rings. The first kappa shape index (κ1) is 30.8. The first-order valence-corrected chi connectivity index (χ1v) is 13.8. The van der Waals surface area contributed by atoms with Crippen LogP contribution >= 0.6 is 33.4 Å². The third-order valence-corrected chi connectivity index (χ3v) is 7.88. The highest BCUT2D eigenvalue weighted by atomic mass is 35.5. The minimum Gasteiger partial charge on any atom is -0.444 e. The van der Waals surface area contributed by atoms with Crippen LogP contribution in [0.15, 0.2) is 29.2 Å². The maximum Gasteiger partial charge on any atom is 0.413 e. The number of hydrogen-bond donors (Lipinski definition) is 2. The molecule has 2 amide bonds. The van der Waals surface area contributed by atoms with E-state index >= 15 is 0 Å². The van der Waals surface area contributed by atoms with E-state index in [2.05, 4.69) is 10.4 Å². The SMILES string of the molecule is N#Cc1cc(F)c(COC(=O)Nc2c(C3(C(N)=O)CC3)c(C#N)nn2-c2c(Cl)cc(S(F)(F)(F)(F)F)cc2Cl)c(F)c1. The number of anilines is 1. The molecule has 0 unspecified atom stereocenters. The fourth-order valence-corrected chi connectivity index (χ4v) is 5.47. The van der Waals surface area contributed by atoms with Crippen LogP contribution in [0, 0.1) is 34.3 Å². The molecule has 1 fully saturated rings. The highest BCUT2D eigenvalue weighted by Crippen LogP contribution is 3.02. The maximum atomic E-state index is 14.2. The van der Waals surface area contributed by atoms with Crippen LogP contribution in [0.3, 0.4) is 0 Å². The van der Waals surface area contributed by atoms with E-state index in [0.29, 0.717) is 16.8 Å². The number of primary amides is 1. The largest absolute Gasteiger partial charge is 0.444 e. The van der Waals surface area contributed by atoms with Gasteiger partial charge in [0, 0.05) is 5.56 Å². The van der Waals surface area contributed by atoms with Crippen LogP contribution in [0.2, 0.25) is 10.0 Å². The van der Waals surface area contributed by atoms with Crippen LogP contribution in [-0.4, -0.2) is 21.8 Å². The molecular formula is C23H13Cl2F7N6O3S. The second kappa shape index (κ2) is 9.41. The Hall–Kier alpha value is -4.19. The molecule has 9 nitrogen and oxygen atoms in total. The molecule has 1 saturated carbocycles. The van der Waals surface area contributed by atoms with E-state index in [1.54, 1.807) is 6.07 Å². The molecule has 222 valence electrons. The molecule has 2 aromatic carbocycles. The van der Waals surface area contributed by atoms with Gasteiger partial charge < -0.3 is 10.5 Å². The zero-order valence-corrected chi connectivity index (χ0v) is 22.7. The van der Waals surface area contributed by atoms with E-state index in [1.165, 1.54) is 6.07 Å². The van der Waals surface area contributed by atoms with E-state index in [-0.39, 0.29) is 36.1 Å². The number of carbonyl (C=O) groups is 2. The van der Waals surface area contributed by atoms with Gasteiger partial charge in [-0.2, -0.15) is 15.6 Å². The Bertz CT molecular complexity index is 1740. The minimum atomic E-state index is -10.3. The molecule has 1 aliphatic carbocycles. The van der Waals surface area contributed by atoms with Gasteiger partial charge in [-0.1, -0.05) is 42.6 Å². The average molecular weight is 657 g/mol. The third kappa shape index (κ3) is 5.63. The number of nitrogens with two attached hydrogens (primary N) is 1. The number of carbonyl (C=O) groups excluding carboxylic acids is 2. The van der Waals surface area contributed by atoms with Crippen molar-refractivity contribution in [3.63, 3.8) is 0 Å². The highest BCUT2D eigenvalue weighted by molar-refractivity contribution is 8.45. The number of amides is 2. The summed E-state index contributed by atoms with van der Waals surface area (Å²) in [6.45, 7) is -1.04. The fraction of sp³-hybridized carbons (Fsp3) is 0.174. The molecule has 0 atom stereocenters. The highest BCUT2D eigenvalue weighted by Gasteiger charge is 2.65. The van der Waals surface area contributed by atoms with Crippen molar-refractivity contribution in [2.24, 2.45) is 5.73 Å². The number of nitrogens with one attached hydrogen (secondary N) is 1. The second-order valence-corrected chi connectivity index (χ2v) is 12.2. The lowest BCUT2D eigenvalue weighted by Crippen LogP contribution is -2.30. The third-order valence-electron chi connectivity index (χ3n) is 6.18. The lowest BCUT2D eigenvalue weighted by molar-refractivity contribution is -0.120. The van der Waals surface area contributed by atoms with Crippen molar-refractivity contribution < 1.29 is 42.5 Å². The Labute approximate surface area is 240 Å². The van der Waals surface area contributed by atoms with Gasteiger partial charge in [0.2, 0.25) is 5.91 Å². The Kier molecular flexibility index (Phi) is 6.90. The molecule has 3 N–H and O–H groups in total. The van der Waals surface area contributed by atoms with Gasteiger partial charge >= 0.3 is 16.3 Å². The van der Waals surface area contributed by atoms with Crippen molar-refractivity contribution in [2.75, 3.05) is 5.32 Å². The van der Waals surface area contributed by atoms with Crippen molar-refractivity contribution in [1.29, 1.82) is 10.5 Å². The quantitative estimate of drug-likeness (QED) is 0.259. The number of nitriles is 2. The van der Waals surface area contributed by atoms with Gasteiger partial charge in [0.05, 0.1) is 32.7 Å². The van der Waals surface area contributed by atoms with Crippen LogP contribution in [-0.2, 0) is 21.6 Å². The maximum absolute atomic E-state index is 14.2. The van der Waals surface area contributed by atoms with E-state index in [1.807, 2.05) is 0 Å². The van der Waals surface area contributed by atoms with Gasteiger partial charge in [-0.15, -0.1) is 0 Å². The lowest BCUT2D eigenvalue weighted by Gasteiger charge is -2.40. The minimum absolute atomic E-state index is 0.0404. The van der Waals surface area contributed by atoms with Crippen LogP contribution in [0.25, 0.3) is 5.69 Å². The molecule has 0 bridgehead atoms. The normalized spacial score (nSPS) is 15.5. The van der Waals surface area contributed by atoms with Gasteiger partial charge in [0.1, 0.15) is 40.7 Å². The average Bonchev–Trinajstić information content (AvgIpc) is 3.59. The summed E-state index contributed by atoms with van der Waals surface area (Å²) in [5.41, 5.74) is 1.16. The molecular weight excluding hydrogens is 644 g/mol. The zero-order chi connectivity index (χ0) is 31.5. The van der Waals surface area contributed by atoms with Crippen LogP contribution in [0.5, 0.6) is 0 Å². The first-order chi connectivity index (χ1) is 19.2. The smallest absolute Gasteiger partial charge is 0.413 e. The summed E-state index contributed by atoms with van der Waals surface area (Å²) in [6.07, 6.45) is -1.40. The number of hydrogen-bond acceptors (Lipinski definition) is 6. The van der Waals surface area contributed by atoms with Gasteiger partial charge in [0.25, 0.3) is 0 Å². The molecule has 0 radical (unpaired) electrons. The van der Waals surface area contributed by atoms with Gasteiger partial charge in [0.15, 0.2) is 5.69 Å². The molecule has 1 aliphatic rings. The summed E-state index contributed by atoms with van der Waals surface area (Å²) in [6, 6.07) is 4.23. The molecule has 0 saturated heterocycles. The number of rotatable bonds is 7. The predicted molar refractivity (Wildman–Crippen MR) is 135 cm³/mol. The standard InChI is InChI=1S/C23H13Cl2F7N6O3S/c24-13-5-11(42(28,29,30,31)32)6-14(25)19(13)38-20(18(17(8-34)37-38)23(1-2-23)21(35)39)36-22(40)41-9-12-15(26)3-10(7-33)4-16(12)27/h3-6H,1-2,9H2,(H2,35,39)(H,36,40). The van der Waals surface area contributed by atoms with Gasteiger partial charge in [-0.05, 0) is 37.1 Å². The van der Waals surface area contributed by atoms with E-state index < -0.39 is 83.6 Å². The topological polar surface area (TPSA) is 147 Å². The Morgan fingerprint density at radius 3 is 2.02 bits per heavy atom. The lowest BCUT2D eigenvalue weighted by atomic mass is 9.94. The monoisotopic (exact) mass is 656 g/mol. The molecule has 0 aliphatic heterocycles. The molecule has 1 heterocycles. The molecule has 0 spiro atoms. The number of nitrogens with zero attached hydrogens (tertiary/aromatic N) is 4. The van der Waals surface area contributed by atoms with E-state index in [9.17, 15) is 43.1 Å². The number of benzene rings is 2.